The fraction of sp³-hybridized carbons (Fsp3) is 0.438. The molecule has 0 saturated carbocycles. The SMILES string of the molecule is COCCn1cc2c(n1)C(CNC(=O)c1ccncc1)OCC2. The molecule has 1 aliphatic rings. The number of methoxy groups -OCH3 is 1. The van der Waals surface area contributed by atoms with Crippen molar-refractivity contribution < 1.29 is 14.3 Å². The highest BCUT2D eigenvalue weighted by atomic mass is 16.5. The molecule has 0 saturated heterocycles. The van der Waals surface area contributed by atoms with Gasteiger partial charge in [-0.15, -0.1) is 0 Å². The zero-order valence-electron chi connectivity index (χ0n) is 13.1. The molecular formula is C16H20N4O3. The van der Waals surface area contributed by atoms with Crippen molar-refractivity contribution in [3.63, 3.8) is 0 Å². The first-order chi connectivity index (χ1) is 11.3. The van der Waals surface area contributed by atoms with Crippen LogP contribution in [0.1, 0.15) is 27.7 Å². The molecule has 1 unspecified atom stereocenters. The smallest absolute Gasteiger partial charge is 0.251 e. The number of carbonyl (C=O) groups excluding carboxylic acids is 1. The normalized spacial score (nSPS) is 16.8. The van der Waals surface area contributed by atoms with Crippen LogP contribution in [0.5, 0.6) is 0 Å². The van der Waals surface area contributed by atoms with Gasteiger partial charge in [-0.3, -0.25) is 14.5 Å². The standard InChI is InChI=1S/C16H20N4O3/c1-22-9-7-20-11-13-4-8-23-14(15(13)19-20)10-18-16(21)12-2-5-17-6-3-12/h2-3,5-6,11,14H,4,7-10H2,1H3,(H,18,21). The molecule has 23 heavy (non-hydrogen) atoms. The summed E-state index contributed by atoms with van der Waals surface area (Å²) in [5.74, 6) is -0.137. The van der Waals surface area contributed by atoms with Crippen LogP contribution in [0.3, 0.4) is 0 Å². The lowest BCUT2D eigenvalue weighted by atomic mass is 10.1. The molecule has 7 nitrogen and oxygen atoms in total. The van der Waals surface area contributed by atoms with Gasteiger partial charge in [-0.2, -0.15) is 5.10 Å². The van der Waals surface area contributed by atoms with Crippen molar-refractivity contribution in [2.24, 2.45) is 0 Å². The number of hydrogen-bond donors (Lipinski definition) is 1. The first kappa shape index (κ1) is 15.6. The van der Waals surface area contributed by atoms with Crippen molar-refractivity contribution in [3.05, 3.63) is 47.5 Å². The van der Waals surface area contributed by atoms with Crippen molar-refractivity contribution in [2.45, 2.75) is 19.1 Å². The van der Waals surface area contributed by atoms with E-state index in [2.05, 4.69) is 15.4 Å². The average Bonchev–Trinajstić information content (AvgIpc) is 3.02. The summed E-state index contributed by atoms with van der Waals surface area (Å²) >= 11 is 0. The Morgan fingerprint density at radius 1 is 1.48 bits per heavy atom. The van der Waals surface area contributed by atoms with Gasteiger partial charge in [0.25, 0.3) is 5.91 Å². The molecule has 0 spiro atoms. The maximum atomic E-state index is 12.1. The first-order valence-corrected chi connectivity index (χ1v) is 7.63. The van der Waals surface area contributed by atoms with E-state index in [0.717, 1.165) is 12.1 Å². The molecule has 1 N–H and O–H groups in total. The Morgan fingerprint density at radius 3 is 3.09 bits per heavy atom. The lowest BCUT2D eigenvalue weighted by Crippen LogP contribution is -2.31. The summed E-state index contributed by atoms with van der Waals surface area (Å²) in [7, 11) is 1.67. The molecular weight excluding hydrogens is 296 g/mol. The number of amides is 1. The van der Waals surface area contributed by atoms with Crippen molar-refractivity contribution in [2.75, 3.05) is 26.9 Å². The van der Waals surface area contributed by atoms with Crippen LogP contribution in [0.2, 0.25) is 0 Å². The van der Waals surface area contributed by atoms with Crippen LogP contribution in [0.25, 0.3) is 0 Å². The van der Waals surface area contributed by atoms with E-state index in [1.165, 1.54) is 5.56 Å². The molecule has 1 atom stereocenters. The summed E-state index contributed by atoms with van der Waals surface area (Å²) in [6.07, 6.45) is 5.86. The minimum Gasteiger partial charge on any atom is -0.383 e. The second kappa shape index (κ2) is 7.34. The molecule has 1 amide bonds. The third-order valence-corrected chi connectivity index (χ3v) is 3.78. The number of fused-ring (bicyclic) bond motifs is 1. The Hall–Kier alpha value is -2.25. The molecule has 122 valence electrons. The summed E-state index contributed by atoms with van der Waals surface area (Å²) < 4.78 is 12.7. The summed E-state index contributed by atoms with van der Waals surface area (Å²) in [5.41, 5.74) is 2.67. The predicted octanol–water partition coefficient (Wildman–Crippen LogP) is 0.968. The molecule has 7 heteroatoms. The average molecular weight is 316 g/mol. The van der Waals surface area contributed by atoms with Gasteiger partial charge in [0.2, 0.25) is 0 Å². The van der Waals surface area contributed by atoms with Crippen LogP contribution in [-0.4, -0.2) is 47.5 Å². The molecule has 2 aromatic heterocycles. The number of pyridine rings is 1. The van der Waals surface area contributed by atoms with E-state index in [4.69, 9.17) is 9.47 Å². The van der Waals surface area contributed by atoms with Crippen LogP contribution in [-0.2, 0) is 22.4 Å². The van der Waals surface area contributed by atoms with Gasteiger partial charge >= 0.3 is 0 Å². The van der Waals surface area contributed by atoms with Gasteiger partial charge < -0.3 is 14.8 Å². The van der Waals surface area contributed by atoms with Crippen LogP contribution in [0, 0.1) is 0 Å². The molecule has 0 aromatic carbocycles. The summed E-state index contributed by atoms with van der Waals surface area (Å²) in [4.78, 5) is 16.0. The van der Waals surface area contributed by atoms with Gasteiger partial charge in [-0.1, -0.05) is 0 Å². The molecule has 0 aliphatic carbocycles. The maximum Gasteiger partial charge on any atom is 0.251 e. The molecule has 1 aliphatic heterocycles. The third kappa shape index (κ3) is 3.75. The minimum absolute atomic E-state index is 0.137. The van der Waals surface area contributed by atoms with Gasteiger partial charge in [0.05, 0.1) is 25.5 Å². The predicted molar refractivity (Wildman–Crippen MR) is 83.1 cm³/mol. The lowest BCUT2D eigenvalue weighted by Gasteiger charge is -2.22. The first-order valence-electron chi connectivity index (χ1n) is 7.63. The van der Waals surface area contributed by atoms with Crippen molar-refractivity contribution in [1.82, 2.24) is 20.1 Å². The fourth-order valence-corrected chi connectivity index (χ4v) is 2.58. The van der Waals surface area contributed by atoms with Crippen LogP contribution in [0.15, 0.2) is 30.7 Å². The van der Waals surface area contributed by atoms with E-state index in [1.54, 1.807) is 31.6 Å². The molecule has 3 heterocycles. The number of hydrogen-bond acceptors (Lipinski definition) is 5. The second-order valence-corrected chi connectivity index (χ2v) is 5.35. The lowest BCUT2D eigenvalue weighted by molar-refractivity contribution is 0.0382. The number of nitrogens with one attached hydrogen (secondary N) is 1. The van der Waals surface area contributed by atoms with E-state index >= 15 is 0 Å². The molecule has 0 bridgehead atoms. The van der Waals surface area contributed by atoms with E-state index in [9.17, 15) is 4.79 Å². The summed E-state index contributed by atoms with van der Waals surface area (Å²) in [6, 6.07) is 3.37. The van der Waals surface area contributed by atoms with Gasteiger partial charge in [-0.25, -0.2) is 0 Å². The second-order valence-electron chi connectivity index (χ2n) is 5.35. The topological polar surface area (TPSA) is 78.3 Å². The minimum atomic E-state index is -0.215. The van der Waals surface area contributed by atoms with Gasteiger partial charge in [0.1, 0.15) is 6.10 Å². The van der Waals surface area contributed by atoms with E-state index in [1.807, 2.05) is 10.9 Å². The number of carbonyl (C=O) groups is 1. The Balaban J connectivity index is 1.64. The Kier molecular flexibility index (Phi) is 4.99. The van der Waals surface area contributed by atoms with Crippen LogP contribution >= 0.6 is 0 Å². The zero-order valence-corrected chi connectivity index (χ0v) is 13.1. The molecule has 3 rings (SSSR count). The fourth-order valence-electron chi connectivity index (χ4n) is 2.58. The monoisotopic (exact) mass is 316 g/mol. The van der Waals surface area contributed by atoms with Crippen molar-refractivity contribution in [1.29, 1.82) is 0 Å². The van der Waals surface area contributed by atoms with E-state index in [0.29, 0.717) is 31.9 Å². The zero-order chi connectivity index (χ0) is 16.1. The third-order valence-electron chi connectivity index (χ3n) is 3.78. The van der Waals surface area contributed by atoms with Gasteiger partial charge in [0.15, 0.2) is 0 Å². The van der Waals surface area contributed by atoms with Crippen molar-refractivity contribution in [3.8, 4) is 0 Å². The van der Waals surface area contributed by atoms with Crippen LogP contribution < -0.4 is 5.32 Å². The van der Waals surface area contributed by atoms with Gasteiger partial charge in [-0.05, 0) is 24.1 Å². The highest BCUT2D eigenvalue weighted by molar-refractivity contribution is 5.93. The van der Waals surface area contributed by atoms with E-state index in [-0.39, 0.29) is 12.0 Å². The Morgan fingerprint density at radius 2 is 2.30 bits per heavy atom. The number of aromatic nitrogens is 3. The molecule has 2 aromatic rings. The van der Waals surface area contributed by atoms with E-state index < -0.39 is 0 Å². The summed E-state index contributed by atoms with van der Waals surface area (Å²) in [5, 5.41) is 7.47. The summed E-state index contributed by atoms with van der Waals surface area (Å²) in [6.45, 7) is 2.36. The number of nitrogens with zero attached hydrogens (tertiary/aromatic N) is 3. The van der Waals surface area contributed by atoms with Crippen LogP contribution in [0.4, 0.5) is 0 Å². The van der Waals surface area contributed by atoms with Crippen molar-refractivity contribution >= 4 is 5.91 Å². The maximum absolute atomic E-state index is 12.1. The Labute approximate surface area is 134 Å². The number of rotatable bonds is 6. The molecule has 0 fully saturated rings. The Bertz CT molecular complexity index is 657. The largest absolute Gasteiger partial charge is 0.383 e. The highest BCUT2D eigenvalue weighted by Crippen LogP contribution is 2.25. The highest BCUT2D eigenvalue weighted by Gasteiger charge is 2.25. The molecule has 0 radical (unpaired) electrons. The quantitative estimate of drug-likeness (QED) is 0.859. The van der Waals surface area contributed by atoms with Gasteiger partial charge in [0, 0.05) is 37.8 Å². The number of ether oxygens (including phenoxy) is 2.